The summed E-state index contributed by atoms with van der Waals surface area (Å²) in [6.07, 6.45) is 4.36. The smallest absolute Gasteiger partial charge is 0.227 e. The van der Waals surface area contributed by atoms with Gasteiger partial charge in [0, 0.05) is 24.3 Å². The lowest BCUT2D eigenvalue weighted by Gasteiger charge is -2.36. The molecule has 0 aliphatic rings. The number of nitrogens with one attached hydrogen (secondary N) is 2. The number of aromatic nitrogens is 5. The van der Waals surface area contributed by atoms with E-state index in [1.54, 1.807) is 6.20 Å². The van der Waals surface area contributed by atoms with Crippen molar-refractivity contribution in [3.05, 3.63) is 60.6 Å². The summed E-state index contributed by atoms with van der Waals surface area (Å²) in [5.74, 6) is 1.34. The van der Waals surface area contributed by atoms with Gasteiger partial charge in [-0.3, -0.25) is 4.98 Å². The van der Waals surface area contributed by atoms with Gasteiger partial charge in [0.2, 0.25) is 5.95 Å². The molecule has 0 saturated heterocycles. The highest BCUT2D eigenvalue weighted by atomic mass is 16.3. The summed E-state index contributed by atoms with van der Waals surface area (Å²) < 4.78 is 2.04. The van der Waals surface area contributed by atoms with Crippen molar-refractivity contribution in [1.82, 2.24) is 24.5 Å². The van der Waals surface area contributed by atoms with Gasteiger partial charge in [-0.2, -0.15) is 9.97 Å². The van der Waals surface area contributed by atoms with E-state index in [-0.39, 0.29) is 18.6 Å². The standard InChI is InChI=1S/C27H35N7O/c1-6-27(16-35,18(2)3)33-26-31-24(23-25(32-26)34(17-30-23)19(4)5)29-15-20-10-12-21(13-11-20)22-9-7-8-14-28-22/h7-14,17-19,35H,6,15-16H2,1-5H3,(H2,29,31,32,33). The van der Waals surface area contributed by atoms with E-state index in [0.29, 0.717) is 18.3 Å². The minimum atomic E-state index is -0.505. The van der Waals surface area contributed by atoms with Crippen LogP contribution >= 0.6 is 0 Å². The second-order valence-corrected chi connectivity index (χ2v) is 9.53. The highest BCUT2D eigenvalue weighted by Gasteiger charge is 2.32. The van der Waals surface area contributed by atoms with E-state index in [1.807, 2.05) is 29.1 Å². The largest absolute Gasteiger partial charge is 0.394 e. The lowest BCUT2D eigenvalue weighted by atomic mass is 9.85. The van der Waals surface area contributed by atoms with Crippen LogP contribution in [0.15, 0.2) is 55.0 Å². The van der Waals surface area contributed by atoms with Gasteiger partial charge >= 0.3 is 0 Å². The van der Waals surface area contributed by atoms with E-state index >= 15 is 0 Å². The van der Waals surface area contributed by atoms with Gasteiger partial charge in [-0.25, -0.2) is 4.98 Å². The summed E-state index contributed by atoms with van der Waals surface area (Å²) in [6.45, 7) is 11.0. The van der Waals surface area contributed by atoms with E-state index in [9.17, 15) is 5.11 Å². The van der Waals surface area contributed by atoms with Gasteiger partial charge in [0.1, 0.15) is 0 Å². The third-order valence-electron chi connectivity index (χ3n) is 6.73. The molecule has 0 amide bonds. The normalized spacial score (nSPS) is 13.4. The van der Waals surface area contributed by atoms with Crippen molar-refractivity contribution in [2.24, 2.45) is 5.92 Å². The van der Waals surface area contributed by atoms with Crippen LogP contribution in [0, 0.1) is 5.92 Å². The average molecular weight is 474 g/mol. The Bertz CT molecular complexity index is 1250. The lowest BCUT2D eigenvalue weighted by Crippen LogP contribution is -2.47. The Morgan fingerprint density at radius 2 is 1.77 bits per heavy atom. The molecule has 3 aromatic heterocycles. The number of hydrogen-bond acceptors (Lipinski definition) is 7. The van der Waals surface area contributed by atoms with Crippen molar-refractivity contribution >= 4 is 22.9 Å². The van der Waals surface area contributed by atoms with Crippen LogP contribution in [0.3, 0.4) is 0 Å². The molecule has 0 fully saturated rings. The highest BCUT2D eigenvalue weighted by molar-refractivity contribution is 5.84. The zero-order valence-corrected chi connectivity index (χ0v) is 21.2. The summed E-state index contributed by atoms with van der Waals surface area (Å²) in [4.78, 5) is 18.6. The van der Waals surface area contributed by atoms with Crippen LogP contribution in [0.2, 0.25) is 0 Å². The molecule has 1 unspecified atom stereocenters. The predicted octanol–water partition coefficient (Wildman–Crippen LogP) is 5.29. The van der Waals surface area contributed by atoms with Crippen LogP contribution in [0.5, 0.6) is 0 Å². The van der Waals surface area contributed by atoms with E-state index < -0.39 is 5.54 Å². The second-order valence-electron chi connectivity index (χ2n) is 9.53. The zero-order valence-electron chi connectivity index (χ0n) is 21.2. The maximum atomic E-state index is 10.2. The molecule has 0 bridgehead atoms. The molecular weight excluding hydrogens is 438 g/mol. The van der Waals surface area contributed by atoms with Gasteiger partial charge in [-0.1, -0.05) is 51.1 Å². The van der Waals surface area contributed by atoms with Crippen molar-refractivity contribution in [1.29, 1.82) is 0 Å². The molecule has 0 radical (unpaired) electrons. The second kappa shape index (κ2) is 10.4. The molecule has 4 rings (SSSR count). The lowest BCUT2D eigenvalue weighted by molar-refractivity contribution is 0.167. The minimum absolute atomic E-state index is 0.00259. The Morgan fingerprint density at radius 3 is 2.37 bits per heavy atom. The molecule has 4 aromatic rings. The van der Waals surface area contributed by atoms with E-state index in [1.165, 1.54) is 0 Å². The average Bonchev–Trinajstić information content (AvgIpc) is 3.31. The first-order valence-electron chi connectivity index (χ1n) is 12.2. The van der Waals surface area contributed by atoms with Gasteiger partial charge in [-0.15, -0.1) is 0 Å². The first kappa shape index (κ1) is 24.6. The van der Waals surface area contributed by atoms with Crippen LogP contribution in [0.1, 0.15) is 52.6 Å². The van der Waals surface area contributed by atoms with Crippen molar-refractivity contribution in [2.75, 3.05) is 17.2 Å². The fourth-order valence-electron chi connectivity index (χ4n) is 4.18. The number of nitrogens with zero attached hydrogens (tertiary/aromatic N) is 5. The minimum Gasteiger partial charge on any atom is -0.394 e. The van der Waals surface area contributed by atoms with E-state index in [4.69, 9.17) is 9.97 Å². The molecule has 3 heterocycles. The maximum Gasteiger partial charge on any atom is 0.227 e. The monoisotopic (exact) mass is 473 g/mol. The third kappa shape index (κ3) is 5.12. The van der Waals surface area contributed by atoms with E-state index in [0.717, 1.165) is 34.4 Å². The number of anilines is 2. The molecule has 184 valence electrons. The van der Waals surface area contributed by atoms with Gasteiger partial charge in [0.05, 0.1) is 24.2 Å². The quantitative estimate of drug-likeness (QED) is 0.288. The number of rotatable bonds is 10. The number of benzene rings is 1. The number of aliphatic hydroxyl groups is 1. The summed E-state index contributed by atoms with van der Waals surface area (Å²) in [6, 6.07) is 14.5. The Kier molecular flexibility index (Phi) is 7.31. The first-order chi connectivity index (χ1) is 16.9. The van der Waals surface area contributed by atoms with Gasteiger partial charge in [0.15, 0.2) is 17.0 Å². The number of hydrogen-bond donors (Lipinski definition) is 3. The van der Waals surface area contributed by atoms with Crippen LogP contribution in [-0.2, 0) is 6.54 Å². The molecule has 1 atom stereocenters. The molecule has 0 saturated carbocycles. The predicted molar refractivity (Wildman–Crippen MR) is 141 cm³/mol. The SMILES string of the molecule is CCC(CO)(Nc1nc(NCc2ccc(-c3ccccn3)cc2)c2ncn(C(C)C)c2n1)C(C)C. The van der Waals surface area contributed by atoms with Crippen molar-refractivity contribution in [3.63, 3.8) is 0 Å². The first-order valence-corrected chi connectivity index (χ1v) is 12.2. The molecule has 0 spiro atoms. The Labute approximate surface area is 206 Å². The van der Waals surface area contributed by atoms with Gasteiger partial charge in [0.25, 0.3) is 0 Å². The summed E-state index contributed by atoms with van der Waals surface area (Å²) in [7, 11) is 0. The Morgan fingerprint density at radius 1 is 1.00 bits per heavy atom. The maximum absolute atomic E-state index is 10.2. The molecule has 1 aromatic carbocycles. The van der Waals surface area contributed by atoms with Crippen LogP contribution in [-0.4, -0.2) is 41.8 Å². The Hall–Kier alpha value is -3.52. The molecule has 35 heavy (non-hydrogen) atoms. The summed E-state index contributed by atoms with van der Waals surface area (Å²) in [5, 5.41) is 17.1. The number of aliphatic hydroxyl groups excluding tert-OH is 1. The third-order valence-corrected chi connectivity index (χ3v) is 6.73. The van der Waals surface area contributed by atoms with Crippen LogP contribution in [0.4, 0.5) is 11.8 Å². The molecule has 8 heteroatoms. The number of fused-ring (bicyclic) bond motifs is 1. The molecule has 3 N–H and O–H groups in total. The van der Waals surface area contributed by atoms with E-state index in [2.05, 4.69) is 79.5 Å². The van der Waals surface area contributed by atoms with Crippen molar-refractivity contribution in [3.8, 4) is 11.3 Å². The van der Waals surface area contributed by atoms with Gasteiger partial charge < -0.3 is 20.3 Å². The molecule has 8 nitrogen and oxygen atoms in total. The molecule has 0 aliphatic carbocycles. The fourth-order valence-corrected chi connectivity index (χ4v) is 4.18. The fraction of sp³-hybridized carbons (Fsp3) is 0.407. The summed E-state index contributed by atoms with van der Waals surface area (Å²) >= 11 is 0. The van der Waals surface area contributed by atoms with Crippen LogP contribution in [0.25, 0.3) is 22.4 Å². The molecule has 0 aliphatic heterocycles. The topological polar surface area (TPSA) is 101 Å². The summed E-state index contributed by atoms with van der Waals surface area (Å²) in [5.41, 5.74) is 4.13. The van der Waals surface area contributed by atoms with Crippen molar-refractivity contribution < 1.29 is 5.11 Å². The van der Waals surface area contributed by atoms with Crippen molar-refractivity contribution in [2.45, 2.75) is 59.2 Å². The highest BCUT2D eigenvalue weighted by Crippen LogP contribution is 2.29. The number of imidazole rings is 1. The zero-order chi connectivity index (χ0) is 25.0. The molecular formula is C27H35N7O. The van der Waals surface area contributed by atoms with Crippen LogP contribution < -0.4 is 10.6 Å². The van der Waals surface area contributed by atoms with Gasteiger partial charge in [-0.05, 0) is 43.9 Å². The number of pyridine rings is 1. The Balaban J connectivity index is 1.63.